The van der Waals surface area contributed by atoms with Crippen molar-refractivity contribution in [3.05, 3.63) is 29.6 Å². The van der Waals surface area contributed by atoms with Gasteiger partial charge in [0.15, 0.2) is 9.84 Å². The molecule has 3 unspecified atom stereocenters. The van der Waals surface area contributed by atoms with Crippen LogP contribution in [0.5, 0.6) is 0 Å². The Hall–Kier alpha value is -0.980. The van der Waals surface area contributed by atoms with Crippen molar-refractivity contribution >= 4 is 9.84 Å². The van der Waals surface area contributed by atoms with Gasteiger partial charge < -0.3 is 0 Å². The number of nitrogens with zero attached hydrogens (tertiary/aromatic N) is 1. The Bertz CT molecular complexity index is 588. The molecule has 6 heteroatoms. The number of aryl methyl sites for hydroxylation is 1. The Kier molecular flexibility index (Phi) is 3.79. The molecule has 2 heterocycles. The Balaban J connectivity index is 1.88. The summed E-state index contributed by atoms with van der Waals surface area (Å²) in [5, 5.41) is 0. The second-order valence-electron chi connectivity index (χ2n) is 5.90. The highest BCUT2D eigenvalue weighted by Crippen LogP contribution is 2.37. The highest BCUT2D eigenvalue weighted by atomic mass is 32.2. The average Bonchev–Trinajstić information content (AvgIpc) is 2.80. The molecule has 0 spiro atoms. The maximum Gasteiger partial charge on any atom is 0.150 e. The number of rotatable bonds is 3. The summed E-state index contributed by atoms with van der Waals surface area (Å²) in [6.45, 7) is 0. The van der Waals surface area contributed by atoms with E-state index >= 15 is 0 Å². The first-order chi connectivity index (χ1) is 9.61. The minimum atomic E-state index is -2.88. The lowest BCUT2D eigenvalue weighted by atomic mass is 9.77. The lowest BCUT2D eigenvalue weighted by Crippen LogP contribution is -2.46. The van der Waals surface area contributed by atoms with Crippen LogP contribution in [-0.2, 0) is 16.3 Å². The van der Waals surface area contributed by atoms with Gasteiger partial charge in [-0.15, -0.1) is 0 Å². The van der Waals surface area contributed by atoms with Crippen molar-refractivity contribution in [3.8, 4) is 0 Å². The van der Waals surface area contributed by atoms with Crippen molar-refractivity contribution in [2.75, 3.05) is 11.5 Å². The van der Waals surface area contributed by atoms with E-state index in [1.165, 1.54) is 5.56 Å². The van der Waals surface area contributed by atoms with Gasteiger partial charge in [-0.3, -0.25) is 16.3 Å². The third-order valence-electron chi connectivity index (χ3n) is 4.64. The fraction of sp³-hybridized carbons (Fsp3) is 0.643. The maximum absolute atomic E-state index is 11.7. The molecule has 3 atom stereocenters. The molecule has 1 aliphatic heterocycles. The molecule has 1 saturated heterocycles. The molecule has 110 valence electrons. The molecule has 0 radical (unpaired) electrons. The molecule has 1 aromatic rings. The number of pyridine rings is 1. The first-order valence-electron chi connectivity index (χ1n) is 7.21. The Morgan fingerprint density at radius 1 is 1.40 bits per heavy atom. The van der Waals surface area contributed by atoms with Gasteiger partial charge in [0.2, 0.25) is 0 Å². The van der Waals surface area contributed by atoms with Crippen molar-refractivity contribution in [2.24, 2.45) is 11.8 Å². The van der Waals surface area contributed by atoms with Gasteiger partial charge in [-0.1, -0.05) is 6.07 Å². The lowest BCUT2D eigenvalue weighted by molar-refractivity contribution is 0.304. The van der Waals surface area contributed by atoms with Gasteiger partial charge in [-0.2, -0.15) is 0 Å². The predicted octanol–water partition coefficient (Wildman–Crippen LogP) is 0.768. The molecule has 0 saturated carbocycles. The van der Waals surface area contributed by atoms with Crippen molar-refractivity contribution in [1.82, 2.24) is 10.4 Å². The number of nitrogens with one attached hydrogen (secondary N) is 1. The van der Waals surface area contributed by atoms with E-state index in [1.54, 1.807) is 0 Å². The molecule has 1 fully saturated rings. The third-order valence-corrected chi connectivity index (χ3v) is 6.43. The number of nitrogens with two attached hydrogens (primary N) is 1. The van der Waals surface area contributed by atoms with Crippen LogP contribution in [-0.4, -0.2) is 30.9 Å². The second kappa shape index (κ2) is 5.42. The number of hydrogen-bond donors (Lipinski definition) is 2. The Morgan fingerprint density at radius 3 is 2.95 bits per heavy atom. The van der Waals surface area contributed by atoms with E-state index in [1.807, 2.05) is 12.3 Å². The molecular weight excluding hydrogens is 274 g/mol. The molecule has 2 aliphatic rings. The lowest BCUT2D eigenvalue weighted by Gasteiger charge is -2.34. The normalized spacial score (nSPS) is 29.9. The fourth-order valence-corrected chi connectivity index (χ4v) is 5.54. The smallest absolute Gasteiger partial charge is 0.150 e. The highest BCUT2D eigenvalue weighted by Gasteiger charge is 2.39. The van der Waals surface area contributed by atoms with E-state index in [2.05, 4.69) is 16.5 Å². The van der Waals surface area contributed by atoms with E-state index in [0.717, 1.165) is 25.0 Å². The van der Waals surface area contributed by atoms with Crippen LogP contribution in [0.1, 0.15) is 36.4 Å². The number of hydrazine groups is 1. The van der Waals surface area contributed by atoms with E-state index in [9.17, 15) is 8.42 Å². The van der Waals surface area contributed by atoms with Gasteiger partial charge in [0.1, 0.15) is 0 Å². The van der Waals surface area contributed by atoms with Crippen LogP contribution in [0, 0.1) is 5.92 Å². The monoisotopic (exact) mass is 295 g/mol. The van der Waals surface area contributed by atoms with Crippen molar-refractivity contribution in [2.45, 2.75) is 37.6 Å². The van der Waals surface area contributed by atoms with Crippen LogP contribution in [0.15, 0.2) is 18.3 Å². The number of aromatic nitrogens is 1. The van der Waals surface area contributed by atoms with Gasteiger partial charge in [0.05, 0.1) is 11.5 Å². The molecule has 1 aliphatic carbocycles. The van der Waals surface area contributed by atoms with Crippen LogP contribution >= 0.6 is 0 Å². The summed E-state index contributed by atoms with van der Waals surface area (Å²) in [5.41, 5.74) is 5.27. The van der Waals surface area contributed by atoms with E-state index in [4.69, 9.17) is 5.84 Å². The molecular formula is C14H21N3O2S. The van der Waals surface area contributed by atoms with Gasteiger partial charge in [0, 0.05) is 23.9 Å². The van der Waals surface area contributed by atoms with Crippen LogP contribution in [0.4, 0.5) is 0 Å². The summed E-state index contributed by atoms with van der Waals surface area (Å²) >= 11 is 0. The summed E-state index contributed by atoms with van der Waals surface area (Å²) < 4.78 is 23.4. The minimum absolute atomic E-state index is 0.00113. The Morgan fingerprint density at radius 2 is 2.25 bits per heavy atom. The SMILES string of the molecule is NNC(C1CCS(=O)(=O)C1)C1CCCc2cccnc21. The summed E-state index contributed by atoms with van der Waals surface area (Å²) in [5.74, 6) is 6.62. The highest BCUT2D eigenvalue weighted by molar-refractivity contribution is 7.91. The van der Waals surface area contributed by atoms with E-state index in [-0.39, 0.29) is 29.4 Å². The summed E-state index contributed by atoms with van der Waals surface area (Å²) in [7, 11) is -2.88. The third kappa shape index (κ3) is 2.60. The van der Waals surface area contributed by atoms with Crippen molar-refractivity contribution in [1.29, 1.82) is 0 Å². The largest absolute Gasteiger partial charge is 0.271 e. The van der Waals surface area contributed by atoms with Crippen LogP contribution in [0.25, 0.3) is 0 Å². The summed E-state index contributed by atoms with van der Waals surface area (Å²) in [6.07, 6.45) is 5.71. The van der Waals surface area contributed by atoms with Gasteiger partial charge >= 0.3 is 0 Å². The van der Waals surface area contributed by atoms with E-state index < -0.39 is 9.84 Å². The summed E-state index contributed by atoms with van der Waals surface area (Å²) in [4.78, 5) is 4.53. The molecule has 0 aromatic carbocycles. The molecule has 5 nitrogen and oxygen atoms in total. The first-order valence-corrected chi connectivity index (χ1v) is 9.03. The molecule has 20 heavy (non-hydrogen) atoms. The first kappa shape index (κ1) is 14.0. The quantitative estimate of drug-likeness (QED) is 0.635. The Labute approximate surface area is 119 Å². The minimum Gasteiger partial charge on any atom is -0.271 e. The van der Waals surface area contributed by atoms with Crippen molar-refractivity contribution in [3.63, 3.8) is 0 Å². The maximum atomic E-state index is 11.7. The fourth-order valence-electron chi connectivity index (χ4n) is 3.68. The standard InChI is InChI=1S/C14H21N3O2S/c15-17-14(11-6-8-20(18,19)9-11)12-5-1-3-10-4-2-7-16-13(10)12/h2,4,7,11-12,14,17H,1,3,5-6,8-9,15H2. The number of fused-ring (bicyclic) bond motifs is 1. The topological polar surface area (TPSA) is 85.1 Å². The predicted molar refractivity (Wildman–Crippen MR) is 77.8 cm³/mol. The molecule has 0 bridgehead atoms. The van der Waals surface area contributed by atoms with Crippen LogP contribution in [0.2, 0.25) is 0 Å². The average molecular weight is 295 g/mol. The molecule has 0 amide bonds. The zero-order valence-corrected chi connectivity index (χ0v) is 12.3. The molecule has 3 rings (SSSR count). The zero-order valence-electron chi connectivity index (χ0n) is 11.5. The van der Waals surface area contributed by atoms with Gasteiger partial charge in [0.25, 0.3) is 0 Å². The van der Waals surface area contributed by atoms with Crippen LogP contribution < -0.4 is 11.3 Å². The number of hydrogen-bond acceptors (Lipinski definition) is 5. The van der Waals surface area contributed by atoms with Crippen molar-refractivity contribution < 1.29 is 8.42 Å². The second-order valence-corrected chi connectivity index (χ2v) is 8.13. The zero-order chi connectivity index (χ0) is 14.2. The van der Waals surface area contributed by atoms with Gasteiger partial charge in [-0.05, 0) is 43.2 Å². The summed E-state index contributed by atoms with van der Waals surface area (Å²) in [6, 6.07) is 4.08. The molecule has 3 N–H and O–H groups in total. The van der Waals surface area contributed by atoms with Crippen LogP contribution in [0.3, 0.4) is 0 Å². The van der Waals surface area contributed by atoms with Gasteiger partial charge in [-0.25, -0.2) is 8.42 Å². The van der Waals surface area contributed by atoms with E-state index in [0.29, 0.717) is 6.42 Å². The number of sulfone groups is 1. The molecule has 1 aromatic heterocycles.